The van der Waals surface area contributed by atoms with Gasteiger partial charge >= 0.3 is 0 Å². The van der Waals surface area contributed by atoms with E-state index in [2.05, 4.69) is 15.6 Å². The molecule has 0 radical (unpaired) electrons. The summed E-state index contributed by atoms with van der Waals surface area (Å²) < 4.78 is 11.7. The Morgan fingerprint density at radius 3 is 2.61 bits per heavy atom. The van der Waals surface area contributed by atoms with E-state index in [1.807, 2.05) is 6.92 Å². The number of benzene rings is 1. The highest BCUT2D eigenvalue weighted by molar-refractivity contribution is 7.20. The third-order valence-corrected chi connectivity index (χ3v) is 5.85. The molecule has 0 spiro atoms. The molecule has 9 nitrogen and oxygen atoms in total. The molecule has 0 fully saturated rings. The Morgan fingerprint density at radius 2 is 1.94 bits per heavy atom. The molecule has 3 aromatic rings. The first-order valence-electron chi connectivity index (χ1n) is 9.68. The van der Waals surface area contributed by atoms with Crippen LogP contribution in [0.15, 0.2) is 29.3 Å². The minimum atomic E-state index is -0.362. The van der Waals surface area contributed by atoms with Crippen molar-refractivity contribution in [3.8, 4) is 11.5 Å². The summed E-state index contributed by atoms with van der Waals surface area (Å²) in [6.45, 7) is 4.07. The second kappa shape index (κ2) is 9.61. The molecule has 164 valence electrons. The summed E-state index contributed by atoms with van der Waals surface area (Å²) in [5.41, 5.74) is 0.701. The molecule has 0 aliphatic carbocycles. The smallest absolute Gasteiger partial charge is 0.266 e. The Morgan fingerprint density at radius 1 is 1.19 bits per heavy atom. The highest BCUT2D eigenvalue weighted by Gasteiger charge is 2.20. The maximum Gasteiger partial charge on any atom is 0.266 e. The summed E-state index contributed by atoms with van der Waals surface area (Å²) in [7, 11) is 3.04. The number of nitrogens with one attached hydrogen (secondary N) is 2. The van der Waals surface area contributed by atoms with Crippen LogP contribution in [0.1, 0.15) is 28.6 Å². The number of methoxy groups -OCH3 is 2. The molecule has 0 saturated carbocycles. The van der Waals surface area contributed by atoms with Crippen LogP contribution in [0, 0.1) is 6.92 Å². The van der Waals surface area contributed by atoms with Gasteiger partial charge in [0.15, 0.2) is 11.5 Å². The van der Waals surface area contributed by atoms with Gasteiger partial charge in [-0.2, -0.15) is 0 Å². The number of anilines is 1. The molecule has 0 atom stereocenters. The highest BCUT2D eigenvalue weighted by Crippen LogP contribution is 2.31. The van der Waals surface area contributed by atoms with Crippen LogP contribution >= 0.6 is 11.3 Å². The lowest BCUT2D eigenvalue weighted by Gasteiger charge is -2.10. The van der Waals surface area contributed by atoms with Crippen molar-refractivity contribution in [2.24, 2.45) is 0 Å². The van der Waals surface area contributed by atoms with Crippen LogP contribution < -0.4 is 25.7 Å². The van der Waals surface area contributed by atoms with Gasteiger partial charge < -0.3 is 20.1 Å². The Labute approximate surface area is 183 Å². The maximum absolute atomic E-state index is 12.9. The molecule has 0 unspecified atom stereocenters. The van der Waals surface area contributed by atoms with Crippen LogP contribution in [-0.2, 0) is 11.3 Å². The third kappa shape index (κ3) is 4.69. The average molecular weight is 445 g/mol. The number of ether oxygens (including phenoxy) is 2. The van der Waals surface area contributed by atoms with Crippen molar-refractivity contribution < 1.29 is 19.1 Å². The standard InChI is InChI=1S/C21H24N4O5S/c1-5-8-22-16(26)10-25-11-23-20-17(21(25)28)12(2)18(31-20)19(27)24-13-6-7-14(29-3)15(9-13)30-4/h6-7,9,11H,5,8,10H2,1-4H3,(H,22,26)(H,24,27). The number of thiophene rings is 1. The first-order valence-corrected chi connectivity index (χ1v) is 10.5. The molecule has 0 aliphatic rings. The number of aryl methyl sites for hydroxylation is 1. The van der Waals surface area contributed by atoms with Crippen LogP contribution in [0.2, 0.25) is 0 Å². The molecule has 3 rings (SSSR count). The zero-order chi connectivity index (χ0) is 22.5. The topological polar surface area (TPSA) is 112 Å². The van der Waals surface area contributed by atoms with Crippen LogP contribution in [0.4, 0.5) is 5.69 Å². The number of hydrogen-bond acceptors (Lipinski definition) is 7. The fourth-order valence-corrected chi connectivity index (χ4v) is 4.10. The van der Waals surface area contributed by atoms with Crippen LogP contribution in [0.3, 0.4) is 0 Å². The largest absolute Gasteiger partial charge is 0.493 e. The summed E-state index contributed by atoms with van der Waals surface area (Å²) in [6.07, 6.45) is 2.14. The first-order chi connectivity index (χ1) is 14.9. The molecule has 1 aromatic carbocycles. The van der Waals surface area contributed by atoms with Crippen LogP contribution in [0.25, 0.3) is 10.2 Å². The first kappa shape index (κ1) is 22.3. The van der Waals surface area contributed by atoms with E-state index in [4.69, 9.17) is 9.47 Å². The number of aromatic nitrogens is 2. The number of nitrogens with zero attached hydrogens (tertiary/aromatic N) is 2. The Bertz CT molecular complexity index is 1180. The second-order valence-corrected chi connectivity index (χ2v) is 7.79. The molecular formula is C21H24N4O5S. The van der Waals surface area contributed by atoms with E-state index in [-0.39, 0.29) is 23.9 Å². The van der Waals surface area contributed by atoms with E-state index in [9.17, 15) is 14.4 Å². The van der Waals surface area contributed by atoms with E-state index in [0.717, 1.165) is 17.8 Å². The quantitative estimate of drug-likeness (QED) is 0.552. The number of carbonyl (C=O) groups excluding carboxylic acids is 2. The lowest BCUT2D eigenvalue weighted by atomic mass is 10.2. The molecule has 2 amide bonds. The van der Waals surface area contributed by atoms with E-state index in [0.29, 0.717) is 44.4 Å². The molecule has 0 bridgehead atoms. The van der Waals surface area contributed by atoms with Gasteiger partial charge in [-0.3, -0.25) is 19.0 Å². The molecule has 2 heterocycles. The average Bonchev–Trinajstić information content (AvgIpc) is 3.11. The third-order valence-electron chi connectivity index (χ3n) is 4.65. The predicted octanol–water partition coefficient (Wildman–Crippen LogP) is 2.56. The minimum absolute atomic E-state index is 0.121. The molecule has 2 N–H and O–H groups in total. The van der Waals surface area contributed by atoms with Gasteiger partial charge in [0.05, 0.1) is 30.8 Å². The number of rotatable bonds is 8. The van der Waals surface area contributed by atoms with Gasteiger partial charge in [0, 0.05) is 18.3 Å². The van der Waals surface area contributed by atoms with Crippen molar-refractivity contribution >= 4 is 39.1 Å². The zero-order valence-corrected chi connectivity index (χ0v) is 18.6. The van der Waals surface area contributed by atoms with Crippen molar-refractivity contribution in [2.75, 3.05) is 26.1 Å². The van der Waals surface area contributed by atoms with Crippen LogP contribution in [0.5, 0.6) is 11.5 Å². The van der Waals surface area contributed by atoms with Crippen molar-refractivity contribution in [3.05, 3.63) is 45.3 Å². The fraction of sp³-hybridized carbons (Fsp3) is 0.333. The summed E-state index contributed by atoms with van der Waals surface area (Å²) in [6, 6.07) is 5.04. The molecule has 0 aliphatic heterocycles. The molecule has 0 saturated heterocycles. The zero-order valence-electron chi connectivity index (χ0n) is 17.8. The van der Waals surface area contributed by atoms with E-state index >= 15 is 0 Å². The van der Waals surface area contributed by atoms with Gasteiger partial charge in [0.1, 0.15) is 11.4 Å². The monoisotopic (exact) mass is 444 g/mol. The maximum atomic E-state index is 12.9. The predicted molar refractivity (Wildman–Crippen MR) is 119 cm³/mol. The Kier molecular flexibility index (Phi) is 6.91. The van der Waals surface area contributed by atoms with Gasteiger partial charge in [-0.15, -0.1) is 11.3 Å². The van der Waals surface area contributed by atoms with Crippen molar-refractivity contribution in [2.45, 2.75) is 26.8 Å². The molecule has 2 aromatic heterocycles. The van der Waals surface area contributed by atoms with Gasteiger partial charge in [-0.25, -0.2) is 4.98 Å². The summed E-state index contributed by atoms with van der Waals surface area (Å²) in [5.74, 6) is 0.411. The summed E-state index contributed by atoms with van der Waals surface area (Å²) in [5, 5.41) is 5.88. The molecular weight excluding hydrogens is 420 g/mol. The number of carbonyl (C=O) groups is 2. The number of amides is 2. The van der Waals surface area contributed by atoms with Crippen molar-refractivity contribution in [1.29, 1.82) is 0 Å². The fourth-order valence-electron chi connectivity index (χ4n) is 3.07. The lowest BCUT2D eigenvalue weighted by Crippen LogP contribution is -2.32. The van der Waals surface area contributed by atoms with Gasteiger partial charge in [-0.1, -0.05) is 6.92 Å². The summed E-state index contributed by atoms with van der Waals surface area (Å²) >= 11 is 1.13. The minimum Gasteiger partial charge on any atom is -0.493 e. The van der Waals surface area contributed by atoms with E-state index < -0.39 is 0 Å². The normalized spacial score (nSPS) is 10.7. The molecule has 10 heteroatoms. The summed E-state index contributed by atoms with van der Waals surface area (Å²) in [4.78, 5) is 42.9. The Balaban J connectivity index is 1.88. The van der Waals surface area contributed by atoms with E-state index in [1.54, 1.807) is 25.1 Å². The second-order valence-electron chi connectivity index (χ2n) is 6.79. The molecule has 31 heavy (non-hydrogen) atoms. The Hall–Kier alpha value is -3.40. The van der Waals surface area contributed by atoms with Gasteiger partial charge in [0.2, 0.25) is 5.91 Å². The van der Waals surface area contributed by atoms with E-state index in [1.165, 1.54) is 25.1 Å². The number of hydrogen-bond donors (Lipinski definition) is 2. The van der Waals surface area contributed by atoms with Gasteiger partial charge in [-0.05, 0) is 31.0 Å². The van der Waals surface area contributed by atoms with Crippen LogP contribution in [-0.4, -0.2) is 42.1 Å². The van der Waals surface area contributed by atoms with Crippen molar-refractivity contribution in [1.82, 2.24) is 14.9 Å². The van der Waals surface area contributed by atoms with Gasteiger partial charge in [0.25, 0.3) is 11.5 Å². The number of fused-ring (bicyclic) bond motifs is 1. The van der Waals surface area contributed by atoms with Crippen molar-refractivity contribution in [3.63, 3.8) is 0 Å². The SMILES string of the molecule is CCCNC(=O)Cn1cnc2sc(C(=O)Nc3ccc(OC)c(OC)c3)c(C)c2c1=O. The lowest BCUT2D eigenvalue weighted by molar-refractivity contribution is -0.121. The highest BCUT2D eigenvalue weighted by atomic mass is 32.1.